The van der Waals surface area contributed by atoms with Crippen LogP contribution in [0.5, 0.6) is 0 Å². The second-order valence-electron chi connectivity index (χ2n) is 6.57. The quantitative estimate of drug-likeness (QED) is 0.677. The number of esters is 1. The number of ether oxygens (including phenoxy) is 1. The van der Waals surface area contributed by atoms with Crippen molar-refractivity contribution in [1.82, 2.24) is 0 Å². The van der Waals surface area contributed by atoms with E-state index in [2.05, 4.69) is 32.9 Å². The van der Waals surface area contributed by atoms with Gasteiger partial charge in [-0.3, -0.25) is 4.79 Å². The van der Waals surface area contributed by atoms with Gasteiger partial charge in [-0.2, -0.15) is 11.8 Å². The Kier molecular flexibility index (Phi) is 5.31. The van der Waals surface area contributed by atoms with E-state index in [1.54, 1.807) is 0 Å². The number of rotatable bonds is 6. The monoisotopic (exact) mass is 282 g/mol. The van der Waals surface area contributed by atoms with Crippen LogP contribution in [0.3, 0.4) is 0 Å². The minimum absolute atomic E-state index is 0.102. The van der Waals surface area contributed by atoms with Crippen LogP contribution in [0.2, 0.25) is 0 Å². The molecule has 3 heteroatoms. The van der Waals surface area contributed by atoms with Gasteiger partial charge in [0.25, 0.3) is 0 Å². The maximum atomic E-state index is 12.0. The largest absolute Gasteiger partial charge is 0.466 e. The molecule has 0 aliphatic heterocycles. The molecule has 0 bridgehead atoms. The first-order chi connectivity index (χ1) is 8.65. The van der Waals surface area contributed by atoms with E-state index < -0.39 is 5.41 Å². The summed E-state index contributed by atoms with van der Waals surface area (Å²) in [5.41, 5.74) is 2.23. The molecule has 108 valence electrons. The minimum Gasteiger partial charge on any atom is -0.466 e. The molecule has 0 aromatic carbocycles. The molecule has 1 aliphatic carbocycles. The standard InChI is InChI=1S/C16H26O2S/c1-7-18-14(17)16(5,6)10-13(12-8-9-12)11-19-15(2,3)4/h8-9H,7,10-11H2,1-6H3. The number of hydrogen-bond donors (Lipinski definition) is 0. The van der Waals surface area contributed by atoms with Crippen molar-refractivity contribution in [3.8, 4) is 0 Å². The molecule has 0 atom stereocenters. The van der Waals surface area contributed by atoms with Crippen molar-refractivity contribution in [2.75, 3.05) is 12.4 Å². The first kappa shape index (κ1) is 16.4. The van der Waals surface area contributed by atoms with E-state index in [0.29, 0.717) is 6.61 Å². The van der Waals surface area contributed by atoms with Gasteiger partial charge in [0.15, 0.2) is 0 Å². The van der Waals surface area contributed by atoms with E-state index in [1.807, 2.05) is 32.5 Å². The normalized spacial score (nSPS) is 14.5. The molecule has 0 amide bonds. The number of allylic oxidation sites excluding steroid dienone is 3. The van der Waals surface area contributed by atoms with Crippen LogP contribution in [0, 0.1) is 5.41 Å². The lowest BCUT2D eigenvalue weighted by atomic mass is 9.85. The summed E-state index contributed by atoms with van der Waals surface area (Å²) in [6.45, 7) is 12.9. The van der Waals surface area contributed by atoms with Crippen LogP contribution in [0.15, 0.2) is 23.3 Å². The summed E-state index contributed by atoms with van der Waals surface area (Å²) in [6.07, 6.45) is 5.02. The van der Waals surface area contributed by atoms with Gasteiger partial charge < -0.3 is 4.74 Å². The third-order valence-corrected chi connectivity index (χ3v) is 4.26. The van der Waals surface area contributed by atoms with E-state index in [4.69, 9.17) is 4.74 Å². The second-order valence-corrected chi connectivity index (χ2v) is 8.38. The Morgan fingerprint density at radius 1 is 1.21 bits per heavy atom. The first-order valence-corrected chi connectivity index (χ1v) is 7.85. The van der Waals surface area contributed by atoms with E-state index in [0.717, 1.165) is 12.2 Å². The molecular weight excluding hydrogens is 256 g/mol. The van der Waals surface area contributed by atoms with Gasteiger partial charge in [0, 0.05) is 10.5 Å². The SMILES string of the molecule is CCOC(=O)C(C)(C)CC(CSC(C)(C)C)=C1C=C1. The molecule has 2 nitrogen and oxygen atoms in total. The Bertz CT molecular complexity index is 389. The highest BCUT2D eigenvalue weighted by Gasteiger charge is 2.31. The Morgan fingerprint density at radius 3 is 2.21 bits per heavy atom. The Labute approximate surface area is 121 Å². The van der Waals surface area contributed by atoms with Crippen molar-refractivity contribution in [2.24, 2.45) is 5.41 Å². The maximum absolute atomic E-state index is 12.0. The molecule has 0 radical (unpaired) electrons. The number of carbonyl (C=O) groups is 1. The predicted octanol–water partition coefficient (Wildman–Crippen LogP) is 4.36. The molecule has 0 unspecified atom stereocenters. The molecular formula is C16H26O2S. The summed E-state index contributed by atoms with van der Waals surface area (Å²) in [4.78, 5) is 12.0. The topological polar surface area (TPSA) is 26.3 Å². The van der Waals surface area contributed by atoms with Crippen molar-refractivity contribution < 1.29 is 9.53 Å². The highest BCUT2D eigenvalue weighted by atomic mass is 32.2. The maximum Gasteiger partial charge on any atom is 0.311 e. The lowest BCUT2D eigenvalue weighted by molar-refractivity contribution is -0.153. The zero-order chi connectivity index (χ0) is 14.7. The van der Waals surface area contributed by atoms with Gasteiger partial charge in [-0.25, -0.2) is 0 Å². The summed E-state index contributed by atoms with van der Waals surface area (Å²) >= 11 is 1.93. The minimum atomic E-state index is -0.443. The average molecular weight is 282 g/mol. The van der Waals surface area contributed by atoms with Crippen LogP contribution in [-0.4, -0.2) is 23.1 Å². The fourth-order valence-electron chi connectivity index (χ4n) is 1.75. The molecule has 0 N–H and O–H groups in total. The van der Waals surface area contributed by atoms with Gasteiger partial charge in [-0.05, 0) is 32.8 Å². The van der Waals surface area contributed by atoms with Crippen molar-refractivity contribution in [3.05, 3.63) is 23.3 Å². The highest BCUT2D eigenvalue weighted by molar-refractivity contribution is 8.00. The van der Waals surface area contributed by atoms with Crippen LogP contribution in [0.25, 0.3) is 0 Å². The fourth-order valence-corrected chi connectivity index (χ4v) is 2.63. The first-order valence-electron chi connectivity index (χ1n) is 6.87. The van der Waals surface area contributed by atoms with Crippen LogP contribution in [0.4, 0.5) is 0 Å². The fraction of sp³-hybridized carbons (Fsp3) is 0.688. The lowest BCUT2D eigenvalue weighted by Crippen LogP contribution is -2.28. The van der Waals surface area contributed by atoms with Gasteiger partial charge in [0.05, 0.1) is 12.0 Å². The Balaban J connectivity index is 2.65. The van der Waals surface area contributed by atoms with Crippen LogP contribution >= 0.6 is 11.8 Å². The summed E-state index contributed by atoms with van der Waals surface area (Å²) in [5.74, 6) is 0.879. The van der Waals surface area contributed by atoms with Gasteiger partial charge in [-0.15, -0.1) is 0 Å². The van der Waals surface area contributed by atoms with Crippen molar-refractivity contribution >= 4 is 17.7 Å². The van der Waals surface area contributed by atoms with E-state index in [-0.39, 0.29) is 10.7 Å². The average Bonchev–Trinajstić information content (AvgIpc) is 3.07. The Morgan fingerprint density at radius 2 is 1.79 bits per heavy atom. The lowest BCUT2D eigenvalue weighted by Gasteiger charge is -2.25. The van der Waals surface area contributed by atoms with E-state index >= 15 is 0 Å². The summed E-state index contributed by atoms with van der Waals surface area (Å²) in [7, 11) is 0. The molecule has 0 fully saturated rings. The molecule has 0 spiro atoms. The summed E-state index contributed by atoms with van der Waals surface area (Å²) < 4.78 is 5.41. The van der Waals surface area contributed by atoms with E-state index in [1.165, 1.54) is 11.1 Å². The molecule has 19 heavy (non-hydrogen) atoms. The zero-order valence-corrected chi connectivity index (χ0v) is 13.8. The van der Waals surface area contributed by atoms with Gasteiger partial charge >= 0.3 is 5.97 Å². The number of thioether (sulfide) groups is 1. The smallest absolute Gasteiger partial charge is 0.311 e. The van der Waals surface area contributed by atoms with Gasteiger partial charge in [0.1, 0.15) is 0 Å². The number of hydrogen-bond acceptors (Lipinski definition) is 3. The highest BCUT2D eigenvalue weighted by Crippen LogP contribution is 2.36. The molecule has 0 saturated heterocycles. The van der Waals surface area contributed by atoms with Crippen molar-refractivity contribution in [2.45, 2.75) is 52.7 Å². The summed E-state index contributed by atoms with van der Waals surface area (Å²) in [5, 5.41) is 0. The molecule has 0 aromatic heterocycles. The Hall–Kier alpha value is -0.700. The van der Waals surface area contributed by atoms with Gasteiger partial charge in [0.2, 0.25) is 0 Å². The van der Waals surface area contributed by atoms with Crippen LogP contribution < -0.4 is 0 Å². The molecule has 1 rings (SSSR count). The third kappa shape index (κ3) is 5.85. The van der Waals surface area contributed by atoms with Crippen molar-refractivity contribution in [3.63, 3.8) is 0 Å². The van der Waals surface area contributed by atoms with E-state index in [9.17, 15) is 4.79 Å². The zero-order valence-electron chi connectivity index (χ0n) is 13.0. The number of carbonyl (C=O) groups excluding carboxylic acids is 1. The predicted molar refractivity (Wildman–Crippen MR) is 83.4 cm³/mol. The molecule has 1 aliphatic rings. The third-order valence-electron chi connectivity index (χ3n) is 2.90. The summed E-state index contributed by atoms with van der Waals surface area (Å²) in [6, 6.07) is 0. The second kappa shape index (κ2) is 6.17. The van der Waals surface area contributed by atoms with Crippen molar-refractivity contribution in [1.29, 1.82) is 0 Å². The molecule has 0 heterocycles. The van der Waals surface area contributed by atoms with Crippen LogP contribution in [0.1, 0.15) is 48.0 Å². The van der Waals surface area contributed by atoms with Crippen LogP contribution in [-0.2, 0) is 9.53 Å². The van der Waals surface area contributed by atoms with Gasteiger partial charge in [-0.1, -0.05) is 38.5 Å². The molecule has 0 saturated carbocycles. The molecule has 0 aromatic rings.